The van der Waals surface area contributed by atoms with Gasteiger partial charge in [-0.1, -0.05) is 12.1 Å². The number of carbonyl (C=O) groups excluding carboxylic acids is 3. The van der Waals surface area contributed by atoms with Crippen LogP contribution in [0.1, 0.15) is 12.8 Å². The lowest BCUT2D eigenvalue weighted by Crippen LogP contribution is -2.43. The van der Waals surface area contributed by atoms with E-state index in [0.29, 0.717) is 6.42 Å². The van der Waals surface area contributed by atoms with Crippen molar-refractivity contribution in [3.8, 4) is 0 Å². The van der Waals surface area contributed by atoms with E-state index in [4.69, 9.17) is 10.5 Å². The Balaban J connectivity index is 2.12. The third-order valence-electron chi connectivity index (χ3n) is 3.51. The summed E-state index contributed by atoms with van der Waals surface area (Å²) in [4.78, 5) is 33.3. The molecule has 1 aromatic carbocycles. The van der Waals surface area contributed by atoms with Crippen LogP contribution in [0, 0.1) is 5.82 Å². The average Bonchev–Trinajstić information content (AvgIpc) is 3.02. The molecular formula is C14H16FN3O6S. The Morgan fingerprint density at radius 2 is 2.00 bits per heavy atom. The second kappa shape index (κ2) is 7.57. The molecule has 1 aliphatic heterocycles. The monoisotopic (exact) mass is 373 g/mol. The van der Waals surface area contributed by atoms with E-state index in [2.05, 4.69) is 0 Å². The van der Waals surface area contributed by atoms with Crippen molar-refractivity contribution in [2.24, 2.45) is 5.73 Å². The summed E-state index contributed by atoms with van der Waals surface area (Å²) in [5.41, 5.74) is 4.75. The summed E-state index contributed by atoms with van der Waals surface area (Å²) < 4.78 is 44.6. The van der Waals surface area contributed by atoms with Gasteiger partial charge in [-0.2, -0.15) is 4.31 Å². The zero-order chi connectivity index (χ0) is 18.6. The third-order valence-corrected chi connectivity index (χ3v) is 5.45. The van der Waals surface area contributed by atoms with Crippen LogP contribution in [0.4, 0.5) is 9.18 Å². The first-order chi connectivity index (χ1) is 11.7. The summed E-state index contributed by atoms with van der Waals surface area (Å²) in [6.07, 6.45) is 0.547. The molecule has 25 heavy (non-hydrogen) atoms. The van der Waals surface area contributed by atoms with Gasteiger partial charge in [-0.05, 0) is 25.0 Å². The van der Waals surface area contributed by atoms with Crippen LogP contribution in [0.3, 0.4) is 0 Å². The molecule has 0 saturated carbocycles. The number of nitrogens with zero attached hydrogens (tertiary/aromatic N) is 1. The van der Waals surface area contributed by atoms with Crippen molar-refractivity contribution in [3.63, 3.8) is 0 Å². The number of benzene rings is 1. The van der Waals surface area contributed by atoms with E-state index in [-0.39, 0.29) is 13.0 Å². The van der Waals surface area contributed by atoms with Gasteiger partial charge in [0.1, 0.15) is 16.8 Å². The number of ether oxygens (including phenoxy) is 1. The lowest BCUT2D eigenvalue weighted by Gasteiger charge is -2.22. The first-order valence-electron chi connectivity index (χ1n) is 7.26. The molecular weight excluding hydrogens is 357 g/mol. The molecule has 0 spiro atoms. The van der Waals surface area contributed by atoms with Crippen molar-refractivity contribution in [1.29, 1.82) is 0 Å². The number of sulfonamides is 1. The van der Waals surface area contributed by atoms with Gasteiger partial charge in [0.25, 0.3) is 5.91 Å². The number of amides is 3. The van der Waals surface area contributed by atoms with Gasteiger partial charge < -0.3 is 10.5 Å². The fourth-order valence-corrected chi connectivity index (χ4v) is 4.16. The molecule has 1 heterocycles. The highest BCUT2D eigenvalue weighted by molar-refractivity contribution is 7.89. The number of urea groups is 1. The normalized spacial score (nSPS) is 17.9. The van der Waals surface area contributed by atoms with E-state index >= 15 is 0 Å². The molecule has 1 atom stereocenters. The Labute approximate surface area is 143 Å². The van der Waals surface area contributed by atoms with Gasteiger partial charge in [0.2, 0.25) is 10.0 Å². The Hall–Kier alpha value is -2.53. The molecule has 0 bridgehead atoms. The third kappa shape index (κ3) is 4.31. The molecule has 136 valence electrons. The van der Waals surface area contributed by atoms with Crippen molar-refractivity contribution >= 4 is 27.9 Å². The highest BCUT2D eigenvalue weighted by Gasteiger charge is 2.41. The van der Waals surface area contributed by atoms with Gasteiger partial charge in [0.05, 0.1) is 0 Å². The molecule has 11 heteroatoms. The fourth-order valence-electron chi connectivity index (χ4n) is 2.45. The lowest BCUT2D eigenvalue weighted by atomic mass is 10.2. The summed E-state index contributed by atoms with van der Waals surface area (Å²) in [6.45, 7) is -0.768. The molecule has 0 unspecified atom stereocenters. The smallest absolute Gasteiger partial charge is 0.324 e. The number of imide groups is 1. The van der Waals surface area contributed by atoms with Crippen molar-refractivity contribution in [2.75, 3.05) is 13.2 Å². The topological polar surface area (TPSA) is 136 Å². The SMILES string of the molecule is NC(=O)NC(=O)COC(=O)[C@@H]1CCCN1S(=O)(=O)c1ccccc1F. The molecule has 3 amide bonds. The number of halogens is 1. The first kappa shape index (κ1) is 18.8. The predicted molar refractivity (Wildman–Crippen MR) is 82.0 cm³/mol. The molecule has 0 aromatic heterocycles. The van der Waals surface area contributed by atoms with Crippen molar-refractivity contribution in [3.05, 3.63) is 30.1 Å². The lowest BCUT2D eigenvalue weighted by molar-refractivity contribution is -0.151. The van der Waals surface area contributed by atoms with Gasteiger partial charge in [-0.15, -0.1) is 0 Å². The highest BCUT2D eigenvalue weighted by Crippen LogP contribution is 2.28. The summed E-state index contributed by atoms with van der Waals surface area (Å²) in [7, 11) is -4.24. The maximum atomic E-state index is 13.8. The van der Waals surface area contributed by atoms with E-state index in [0.717, 1.165) is 16.4 Å². The summed E-state index contributed by atoms with van der Waals surface area (Å²) in [5.74, 6) is -2.83. The number of nitrogens with two attached hydrogens (primary N) is 1. The zero-order valence-corrected chi connectivity index (χ0v) is 13.8. The van der Waals surface area contributed by atoms with Gasteiger partial charge in [0, 0.05) is 6.54 Å². The van der Waals surface area contributed by atoms with E-state index in [1.807, 2.05) is 0 Å². The molecule has 1 fully saturated rings. The van der Waals surface area contributed by atoms with E-state index in [1.165, 1.54) is 12.1 Å². The number of hydrogen-bond donors (Lipinski definition) is 2. The molecule has 0 radical (unpaired) electrons. The number of nitrogens with one attached hydrogen (secondary N) is 1. The van der Waals surface area contributed by atoms with Crippen LogP contribution in [0.15, 0.2) is 29.2 Å². The maximum absolute atomic E-state index is 13.8. The van der Waals surface area contributed by atoms with E-state index in [1.54, 1.807) is 5.32 Å². The van der Waals surface area contributed by atoms with Crippen LogP contribution in [-0.2, 0) is 24.3 Å². The molecule has 1 saturated heterocycles. The van der Waals surface area contributed by atoms with Crippen molar-refractivity contribution in [1.82, 2.24) is 9.62 Å². The minimum absolute atomic E-state index is 0.0178. The van der Waals surface area contributed by atoms with Crippen LogP contribution < -0.4 is 11.1 Å². The van der Waals surface area contributed by atoms with E-state index in [9.17, 15) is 27.2 Å². The van der Waals surface area contributed by atoms with Gasteiger partial charge >= 0.3 is 12.0 Å². The Morgan fingerprint density at radius 3 is 2.64 bits per heavy atom. The quantitative estimate of drug-likeness (QED) is 0.681. The average molecular weight is 373 g/mol. The Morgan fingerprint density at radius 1 is 1.32 bits per heavy atom. The maximum Gasteiger partial charge on any atom is 0.324 e. The molecule has 9 nitrogen and oxygen atoms in total. The largest absolute Gasteiger partial charge is 0.454 e. The predicted octanol–water partition coefficient (Wildman–Crippen LogP) is -0.283. The number of hydrogen-bond acceptors (Lipinski definition) is 6. The first-order valence-corrected chi connectivity index (χ1v) is 8.70. The standard InChI is InChI=1S/C14H16FN3O6S/c15-9-4-1-2-6-11(9)25(22,23)18-7-3-5-10(18)13(20)24-8-12(19)17-14(16)21/h1-2,4,6,10H,3,5,7-8H2,(H3,16,17,19,21)/t10-/m0/s1. The van der Waals surface area contributed by atoms with Gasteiger partial charge in [-0.25, -0.2) is 17.6 Å². The molecule has 0 aliphatic carbocycles. The van der Waals surface area contributed by atoms with Crippen LogP contribution in [-0.4, -0.2) is 49.8 Å². The van der Waals surface area contributed by atoms with Crippen molar-refractivity contribution < 1.29 is 31.9 Å². The van der Waals surface area contributed by atoms with E-state index < -0.39 is 51.3 Å². The molecule has 3 N–H and O–H groups in total. The zero-order valence-electron chi connectivity index (χ0n) is 13.0. The minimum Gasteiger partial charge on any atom is -0.454 e. The number of carbonyl (C=O) groups is 3. The van der Waals surface area contributed by atoms with Gasteiger partial charge in [0.15, 0.2) is 6.61 Å². The van der Waals surface area contributed by atoms with Crippen LogP contribution in [0.2, 0.25) is 0 Å². The number of esters is 1. The van der Waals surface area contributed by atoms with Gasteiger partial charge in [-0.3, -0.25) is 14.9 Å². The summed E-state index contributed by atoms with van der Waals surface area (Å²) >= 11 is 0. The van der Waals surface area contributed by atoms with Crippen LogP contribution in [0.5, 0.6) is 0 Å². The number of rotatable bonds is 5. The Bertz CT molecular complexity index is 798. The highest BCUT2D eigenvalue weighted by atomic mass is 32.2. The second-order valence-electron chi connectivity index (χ2n) is 5.22. The Kier molecular flexibility index (Phi) is 5.69. The minimum atomic E-state index is -4.24. The second-order valence-corrected chi connectivity index (χ2v) is 7.08. The van der Waals surface area contributed by atoms with Crippen LogP contribution >= 0.6 is 0 Å². The fraction of sp³-hybridized carbons (Fsp3) is 0.357. The van der Waals surface area contributed by atoms with Crippen LogP contribution in [0.25, 0.3) is 0 Å². The van der Waals surface area contributed by atoms with Crippen molar-refractivity contribution in [2.45, 2.75) is 23.8 Å². The molecule has 1 aliphatic rings. The molecule has 1 aromatic rings. The summed E-state index contributed by atoms with van der Waals surface area (Å²) in [5, 5.41) is 1.70. The number of primary amides is 1. The molecule has 2 rings (SSSR count). The summed E-state index contributed by atoms with van der Waals surface area (Å²) in [6, 6.07) is 2.54.